The molecule has 1 N–H and O–H groups in total. The lowest BCUT2D eigenvalue weighted by Gasteiger charge is -2.33. The van der Waals surface area contributed by atoms with Gasteiger partial charge in [-0.25, -0.2) is 22.9 Å². The molecule has 1 amide bonds. The first-order valence-corrected chi connectivity index (χ1v) is 13.3. The van der Waals surface area contributed by atoms with E-state index in [1.807, 2.05) is 25.1 Å². The van der Waals surface area contributed by atoms with Crippen molar-refractivity contribution in [2.24, 2.45) is 0 Å². The van der Waals surface area contributed by atoms with Gasteiger partial charge in [0.25, 0.3) is 0 Å². The Bertz CT molecular complexity index is 903. The van der Waals surface area contributed by atoms with Crippen LogP contribution in [0.5, 0.6) is 5.88 Å². The third-order valence-electron chi connectivity index (χ3n) is 6.57. The minimum atomic E-state index is -3.42. The van der Waals surface area contributed by atoms with Crippen LogP contribution in [-0.4, -0.2) is 74.7 Å². The topological polar surface area (TPSA) is 107 Å². The summed E-state index contributed by atoms with van der Waals surface area (Å²) in [5.74, 6) is 0.973. The highest BCUT2D eigenvalue weighted by Gasteiger charge is 2.44. The Hall–Kier alpha value is -1.91. The summed E-state index contributed by atoms with van der Waals surface area (Å²) in [5, 5.41) is 0. The van der Waals surface area contributed by atoms with Gasteiger partial charge in [-0.05, 0) is 45.1 Å². The number of nitrogens with one attached hydrogen (secondary N) is 1. The molecule has 4 aliphatic rings. The highest BCUT2D eigenvalue weighted by atomic mass is 32.2. The molecular formula is C22H33N3O6S. The van der Waals surface area contributed by atoms with Crippen LogP contribution >= 0.6 is 0 Å². The summed E-state index contributed by atoms with van der Waals surface area (Å²) in [6.07, 6.45) is 5.57. The lowest BCUT2D eigenvalue weighted by molar-refractivity contribution is -0.0107. The Morgan fingerprint density at radius 1 is 1.12 bits per heavy atom. The van der Waals surface area contributed by atoms with E-state index in [1.54, 1.807) is 4.90 Å². The van der Waals surface area contributed by atoms with Gasteiger partial charge in [-0.2, -0.15) is 0 Å². The molecule has 9 nitrogen and oxygen atoms in total. The molecule has 1 aromatic heterocycles. The van der Waals surface area contributed by atoms with E-state index < -0.39 is 28.2 Å². The predicted octanol–water partition coefficient (Wildman–Crippen LogP) is 2.42. The Kier molecular flexibility index (Phi) is 7.21. The lowest BCUT2D eigenvalue weighted by Crippen LogP contribution is -2.50. The van der Waals surface area contributed by atoms with Crippen molar-refractivity contribution >= 4 is 16.1 Å². The van der Waals surface area contributed by atoms with E-state index in [-0.39, 0.29) is 25.4 Å². The zero-order chi connectivity index (χ0) is 22.7. The average molecular weight is 468 g/mol. The largest absolute Gasteiger partial charge is 0.478 e. The first-order chi connectivity index (χ1) is 15.3. The van der Waals surface area contributed by atoms with Crippen molar-refractivity contribution in [1.29, 1.82) is 0 Å². The maximum atomic E-state index is 12.9. The van der Waals surface area contributed by atoms with Crippen LogP contribution in [0.3, 0.4) is 0 Å². The average Bonchev–Trinajstić information content (AvgIpc) is 3.05. The van der Waals surface area contributed by atoms with Crippen LogP contribution in [-0.2, 0) is 19.5 Å². The fourth-order valence-electron chi connectivity index (χ4n) is 5.04. The Balaban J connectivity index is 1.51. The molecule has 1 saturated heterocycles. The molecule has 1 saturated carbocycles. The number of aromatic nitrogens is 1. The summed E-state index contributed by atoms with van der Waals surface area (Å²) >= 11 is 0. The molecule has 32 heavy (non-hydrogen) atoms. The van der Waals surface area contributed by atoms with Crippen molar-refractivity contribution in [1.82, 2.24) is 14.6 Å². The highest BCUT2D eigenvalue weighted by Crippen LogP contribution is 2.35. The van der Waals surface area contributed by atoms with Crippen molar-refractivity contribution in [2.75, 3.05) is 26.1 Å². The van der Waals surface area contributed by atoms with E-state index in [0.717, 1.165) is 37.6 Å². The van der Waals surface area contributed by atoms with Crippen molar-refractivity contribution in [3.63, 3.8) is 0 Å². The number of fused-ring (bicyclic) bond motifs is 8. The van der Waals surface area contributed by atoms with Gasteiger partial charge >= 0.3 is 6.09 Å². The first-order valence-electron chi connectivity index (χ1n) is 11.4. The van der Waals surface area contributed by atoms with Gasteiger partial charge in [-0.3, -0.25) is 4.90 Å². The molecule has 5 rings (SSSR count). The molecule has 1 aromatic rings. The van der Waals surface area contributed by atoms with Gasteiger partial charge in [-0.1, -0.05) is 6.07 Å². The van der Waals surface area contributed by atoms with Crippen molar-refractivity contribution in [2.45, 2.75) is 75.6 Å². The summed E-state index contributed by atoms with van der Waals surface area (Å²) in [6, 6.07) is 4.90. The number of sulfonamides is 1. The van der Waals surface area contributed by atoms with Gasteiger partial charge < -0.3 is 14.2 Å². The lowest BCUT2D eigenvalue weighted by atomic mass is 9.85. The van der Waals surface area contributed by atoms with Gasteiger partial charge in [0.1, 0.15) is 0 Å². The Morgan fingerprint density at radius 2 is 1.88 bits per heavy atom. The van der Waals surface area contributed by atoms with E-state index in [0.29, 0.717) is 31.2 Å². The zero-order valence-electron chi connectivity index (χ0n) is 18.7. The summed E-state index contributed by atoms with van der Waals surface area (Å²) < 4.78 is 44.0. The number of rotatable bonds is 2. The quantitative estimate of drug-likeness (QED) is 0.712. The van der Waals surface area contributed by atoms with Gasteiger partial charge in [0.05, 0.1) is 38.2 Å². The molecule has 0 aromatic carbocycles. The summed E-state index contributed by atoms with van der Waals surface area (Å²) in [4.78, 5) is 19.2. The number of nitrogens with zero attached hydrogens (tertiary/aromatic N) is 2. The number of pyridine rings is 1. The molecule has 1 unspecified atom stereocenters. The van der Waals surface area contributed by atoms with Crippen LogP contribution in [0.4, 0.5) is 4.79 Å². The second kappa shape index (κ2) is 9.93. The summed E-state index contributed by atoms with van der Waals surface area (Å²) in [5.41, 5.74) is 1.05. The Morgan fingerprint density at radius 3 is 2.62 bits per heavy atom. The molecule has 3 aliphatic heterocycles. The molecule has 4 bridgehead atoms. The van der Waals surface area contributed by atoms with E-state index >= 15 is 0 Å². The van der Waals surface area contributed by atoms with Crippen LogP contribution in [0.1, 0.15) is 57.1 Å². The molecular weight excluding hydrogens is 434 g/mol. The smallest absolute Gasteiger partial charge is 0.410 e. The molecule has 2 fully saturated rings. The minimum absolute atomic E-state index is 0.0778. The molecule has 10 heteroatoms. The second-order valence-corrected chi connectivity index (χ2v) is 10.9. The van der Waals surface area contributed by atoms with Gasteiger partial charge in [0.2, 0.25) is 15.9 Å². The van der Waals surface area contributed by atoms with Crippen molar-refractivity contribution < 1.29 is 27.4 Å². The van der Waals surface area contributed by atoms with Gasteiger partial charge in [0, 0.05) is 36.2 Å². The van der Waals surface area contributed by atoms with Gasteiger partial charge in [-0.15, -0.1) is 0 Å². The number of hydrogen-bond acceptors (Lipinski definition) is 7. The molecule has 3 atom stereocenters. The fourth-order valence-corrected chi connectivity index (χ4v) is 5.84. The molecule has 0 radical (unpaired) electrons. The van der Waals surface area contributed by atoms with Gasteiger partial charge in [0.15, 0.2) is 0 Å². The summed E-state index contributed by atoms with van der Waals surface area (Å²) in [6.45, 7) is 2.80. The van der Waals surface area contributed by atoms with Crippen LogP contribution in [0.2, 0.25) is 0 Å². The van der Waals surface area contributed by atoms with Crippen LogP contribution in [0.25, 0.3) is 0 Å². The van der Waals surface area contributed by atoms with Crippen LogP contribution in [0, 0.1) is 0 Å². The molecule has 0 spiro atoms. The zero-order valence-corrected chi connectivity index (χ0v) is 19.6. The standard InChI is InChI=1S/C22H33N3O6S/c1-15-13-19(24-32(2,27)28)20-14-31-17-9-7-16(8-10-17)18-5-3-6-21(23-18)29-11-4-12-30-22(26)25(15)20/h3,5-6,15-17,19-20,24H,4,7-14H2,1-2H3/t15-,16?,17?,19+,20?/m1/s1. The third kappa shape index (κ3) is 5.71. The number of carbonyl (C=O) groups excluding carboxylic acids is 1. The minimum Gasteiger partial charge on any atom is -0.478 e. The van der Waals surface area contributed by atoms with Crippen molar-refractivity contribution in [3.05, 3.63) is 23.9 Å². The number of hydrogen-bond donors (Lipinski definition) is 1. The normalized spacial score (nSPS) is 32.0. The Labute approximate surface area is 189 Å². The first kappa shape index (κ1) is 23.3. The fraction of sp³-hybridized carbons (Fsp3) is 0.727. The maximum Gasteiger partial charge on any atom is 0.410 e. The number of amides is 1. The van der Waals surface area contributed by atoms with E-state index in [2.05, 4.69) is 9.71 Å². The predicted molar refractivity (Wildman–Crippen MR) is 118 cm³/mol. The van der Waals surface area contributed by atoms with Crippen LogP contribution < -0.4 is 9.46 Å². The van der Waals surface area contributed by atoms with Crippen LogP contribution in [0.15, 0.2) is 18.2 Å². The molecule has 1 aliphatic carbocycles. The number of ether oxygens (including phenoxy) is 3. The third-order valence-corrected chi connectivity index (χ3v) is 7.30. The van der Waals surface area contributed by atoms with Crippen molar-refractivity contribution in [3.8, 4) is 5.88 Å². The monoisotopic (exact) mass is 467 g/mol. The highest BCUT2D eigenvalue weighted by molar-refractivity contribution is 7.88. The molecule has 4 heterocycles. The SMILES string of the molecule is C[C@@H]1C[C@H](NS(C)(=O)=O)C2COC3CCC(CC3)c3cccc(n3)OCCCOC(=O)N21. The van der Waals surface area contributed by atoms with E-state index in [4.69, 9.17) is 14.2 Å². The molecule has 178 valence electrons. The maximum absolute atomic E-state index is 12.9. The van der Waals surface area contributed by atoms with E-state index in [9.17, 15) is 13.2 Å². The summed E-state index contributed by atoms with van der Waals surface area (Å²) in [7, 11) is -3.42. The van der Waals surface area contributed by atoms with E-state index in [1.165, 1.54) is 0 Å². The second-order valence-electron chi connectivity index (χ2n) is 9.08. The number of carbonyl (C=O) groups is 1.